The quantitative estimate of drug-likeness (QED) is 0.784. The third-order valence-corrected chi connectivity index (χ3v) is 2.36. The summed E-state index contributed by atoms with van der Waals surface area (Å²) >= 11 is 0. The van der Waals surface area contributed by atoms with E-state index in [0.29, 0.717) is 13.1 Å². The van der Waals surface area contributed by atoms with Crippen LogP contribution in [0.15, 0.2) is 36.5 Å². The van der Waals surface area contributed by atoms with Gasteiger partial charge in [-0.15, -0.1) is 6.42 Å². The standard InChI is InChI=1S/C13H13N3/c1-2-8-16-10-12(9-14)13(15-16)11-6-4-3-5-7-11/h1,3-7,10H,8-9,14H2. The zero-order valence-electron chi connectivity index (χ0n) is 8.93. The summed E-state index contributed by atoms with van der Waals surface area (Å²) in [5.74, 6) is 2.56. The Hall–Kier alpha value is -2.05. The van der Waals surface area contributed by atoms with Gasteiger partial charge in [-0.2, -0.15) is 5.10 Å². The van der Waals surface area contributed by atoms with E-state index in [2.05, 4.69) is 11.0 Å². The van der Waals surface area contributed by atoms with Crippen molar-refractivity contribution in [1.82, 2.24) is 9.78 Å². The van der Waals surface area contributed by atoms with E-state index in [0.717, 1.165) is 16.8 Å². The summed E-state index contributed by atoms with van der Waals surface area (Å²) in [5, 5.41) is 4.44. The van der Waals surface area contributed by atoms with Crippen LogP contribution in [0, 0.1) is 12.3 Å². The third-order valence-electron chi connectivity index (χ3n) is 2.36. The second-order valence-electron chi connectivity index (χ2n) is 3.47. The highest BCUT2D eigenvalue weighted by molar-refractivity contribution is 5.62. The van der Waals surface area contributed by atoms with Crippen molar-refractivity contribution in [2.45, 2.75) is 13.1 Å². The maximum Gasteiger partial charge on any atom is 0.101 e. The van der Waals surface area contributed by atoms with Gasteiger partial charge in [-0.05, 0) is 0 Å². The normalized spacial score (nSPS) is 10.0. The fourth-order valence-corrected chi connectivity index (χ4v) is 1.63. The first-order valence-corrected chi connectivity index (χ1v) is 5.10. The van der Waals surface area contributed by atoms with E-state index in [-0.39, 0.29) is 0 Å². The molecule has 0 saturated heterocycles. The number of terminal acetylenes is 1. The van der Waals surface area contributed by atoms with Gasteiger partial charge in [-0.25, -0.2) is 0 Å². The Labute approximate surface area is 94.9 Å². The van der Waals surface area contributed by atoms with Crippen LogP contribution in [-0.4, -0.2) is 9.78 Å². The minimum absolute atomic E-state index is 0.467. The molecule has 80 valence electrons. The molecule has 1 aromatic carbocycles. The Morgan fingerprint density at radius 2 is 2.06 bits per heavy atom. The number of aromatic nitrogens is 2. The number of hydrogen-bond acceptors (Lipinski definition) is 2. The molecule has 0 radical (unpaired) electrons. The predicted molar refractivity (Wildman–Crippen MR) is 64.4 cm³/mol. The van der Waals surface area contributed by atoms with Crippen LogP contribution in [0.3, 0.4) is 0 Å². The fourth-order valence-electron chi connectivity index (χ4n) is 1.63. The monoisotopic (exact) mass is 211 g/mol. The third kappa shape index (κ3) is 1.97. The highest BCUT2D eigenvalue weighted by atomic mass is 15.3. The maximum absolute atomic E-state index is 5.69. The second kappa shape index (κ2) is 4.65. The Balaban J connectivity index is 2.44. The van der Waals surface area contributed by atoms with Crippen molar-refractivity contribution in [1.29, 1.82) is 0 Å². The van der Waals surface area contributed by atoms with Crippen molar-refractivity contribution in [2.24, 2.45) is 5.73 Å². The van der Waals surface area contributed by atoms with E-state index in [1.165, 1.54) is 0 Å². The summed E-state index contributed by atoms with van der Waals surface area (Å²) in [7, 11) is 0. The zero-order valence-corrected chi connectivity index (χ0v) is 8.93. The molecule has 1 aromatic heterocycles. The van der Waals surface area contributed by atoms with E-state index < -0.39 is 0 Å². The molecule has 0 aliphatic rings. The Morgan fingerprint density at radius 3 is 2.69 bits per heavy atom. The summed E-state index contributed by atoms with van der Waals surface area (Å²) in [6.45, 7) is 0.939. The van der Waals surface area contributed by atoms with Crippen LogP contribution in [0.4, 0.5) is 0 Å². The molecule has 2 N–H and O–H groups in total. The lowest BCUT2D eigenvalue weighted by Crippen LogP contribution is -1.96. The van der Waals surface area contributed by atoms with Crippen molar-refractivity contribution >= 4 is 0 Å². The molecule has 0 saturated carbocycles. The zero-order chi connectivity index (χ0) is 11.4. The molecular formula is C13H13N3. The lowest BCUT2D eigenvalue weighted by Gasteiger charge is -1.98. The van der Waals surface area contributed by atoms with Gasteiger partial charge < -0.3 is 5.73 Å². The first kappa shape index (κ1) is 10.5. The van der Waals surface area contributed by atoms with Gasteiger partial charge in [-0.1, -0.05) is 36.3 Å². The van der Waals surface area contributed by atoms with Crippen LogP contribution in [0.5, 0.6) is 0 Å². The molecule has 3 heteroatoms. The van der Waals surface area contributed by atoms with Crippen molar-refractivity contribution in [2.75, 3.05) is 0 Å². The van der Waals surface area contributed by atoms with Gasteiger partial charge in [0.05, 0.1) is 5.69 Å². The van der Waals surface area contributed by atoms with Gasteiger partial charge in [0.25, 0.3) is 0 Å². The molecule has 0 amide bonds. The van der Waals surface area contributed by atoms with E-state index in [1.807, 2.05) is 36.5 Å². The summed E-state index contributed by atoms with van der Waals surface area (Å²) in [6, 6.07) is 9.97. The second-order valence-corrected chi connectivity index (χ2v) is 3.47. The average molecular weight is 211 g/mol. The molecular weight excluding hydrogens is 198 g/mol. The number of nitrogens with two attached hydrogens (primary N) is 1. The number of nitrogens with zero attached hydrogens (tertiary/aromatic N) is 2. The Morgan fingerprint density at radius 1 is 1.31 bits per heavy atom. The summed E-state index contributed by atoms with van der Waals surface area (Å²) < 4.78 is 1.74. The molecule has 0 bridgehead atoms. The largest absolute Gasteiger partial charge is 0.326 e. The van der Waals surface area contributed by atoms with Crippen LogP contribution in [-0.2, 0) is 13.1 Å². The lowest BCUT2D eigenvalue weighted by molar-refractivity contribution is 0.717. The smallest absolute Gasteiger partial charge is 0.101 e. The maximum atomic E-state index is 5.69. The fraction of sp³-hybridized carbons (Fsp3) is 0.154. The number of benzene rings is 1. The van der Waals surface area contributed by atoms with Gasteiger partial charge in [0.1, 0.15) is 6.54 Å². The highest BCUT2D eigenvalue weighted by Crippen LogP contribution is 2.21. The summed E-state index contributed by atoms with van der Waals surface area (Å²) in [6.07, 6.45) is 7.16. The van der Waals surface area contributed by atoms with Crippen LogP contribution < -0.4 is 5.73 Å². The highest BCUT2D eigenvalue weighted by Gasteiger charge is 2.08. The van der Waals surface area contributed by atoms with E-state index >= 15 is 0 Å². The van der Waals surface area contributed by atoms with Crippen molar-refractivity contribution in [3.63, 3.8) is 0 Å². The molecule has 0 atom stereocenters. The Bertz CT molecular complexity index is 506. The lowest BCUT2D eigenvalue weighted by atomic mass is 10.1. The van der Waals surface area contributed by atoms with Crippen molar-refractivity contribution in [3.05, 3.63) is 42.1 Å². The van der Waals surface area contributed by atoms with Crippen molar-refractivity contribution < 1.29 is 0 Å². The molecule has 0 fully saturated rings. The van der Waals surface area contributed by atoms with E-state index in [4.69, 9.17) is 12.2 Å². The van der Waals surface area contributed by atoms with Crippen molar-refractivity contribution in [3.8, 4) is 23.6 Å². The summed E-state index contributed by atoms with van der Waals surface area (Å²) in [4.78, 5) is 0. The topological polar surface area (TPSA) is 43.8 Å². The SMILES string of the molecule is C#CCn1cc(CN)c(-c2ccccc2)n1. The van der Waals surface area contributed by atoms with Crippen LogP contribution in [0.2, 0.25) is 0 Å². The molecule has 1 heterocycles. The molecule has 2 rings (SSSR count). The predicted octanol–water partition coefficient (Wildman–Crippen LogP) is 1.64. The molecule has 0 spiro atoms. The van der Waals surface area contributed by atoms with Crippen LogP contribution >= 0.6 is 0 Å². The molecule has 0 unspecified atom stereocenters. The summed E-state index contributed by atoms with van der Waals surface area (Å²) in [5.41, 5.74) is 8.69. The van der Waals surface area contributed by atoms with Crippen LogP contribution in [0.25, 0.3) is 11.3 Å². The minimum Gasteiger partial charge on any atom is -0.326 e. The first-order valence-electron chi connectivity index (χ1n) is 5.10. The number of rotatable bonds is 3. The van der Waals surface area contributed by atoms with Gasteiger partial charge in [0.2, 0.25) is 0 Å². The van der Waals surface area contributed by atoms with E-state index in [1.54, 1.807) is 4.68 Å². The molecule has 3 nitrogen and oxygen atoms in total. The van der Waals surface area contributed by atoms with Gasteiger partial charge >= 0.3 is 0 Å². The molecule has 2 aromatic rings. The average Bonchev–Trinajstić information content (AvgIpc) is 2.74. The first-order chi connectivity index (χ1) is 7.85. The van der Waals surface area contributed by atoms with Crippen LogP contribution in [0.1, 0.15) is 5.56 Å². The molecule has 0 aliphatic heterocycles. The van der Waals surface area contributed by atoms with E-state index in [9.17, 15) is 0 Å². The minimum atomic E-state index is 0.467. The van der Waals surface area contributed by atoms with Gasteiger partial charge in [0, 0.05) is 23.9 Å². The Kier molecular flexibility index (Phi) is 3.04. The number of hydrogen-bond donors (Lipinski definition) is 1. The van der Waals surface area contributed by atoms with Gasteiger partial charge in [0.15, 0.2) is 0 Å². The van der Waals surface area contributed by atoms with Gasteiger partial charge in [-0.3, -0.25) is 4.68 Å². The molecule has 16 heavy (non-hydrogen) atoms. The molecule has 0 aliphatic carbocycles.